The van der Waals surface area contributed by atoms with E-state index in [1.165, 1.54) is 6.42 Å². The molecule has 0 bridgehead atoms. The first kappa shape index (κ1) is 10.9. The van der Waals surface area contributed by atoms with E-state index in [4.69, 9.17) is 0 Å². The van der Waals surface area contributed by atoms with Crippen LogP contribution in [-0.2, 0) is 4.79 Å². The lowest BCUT2D eigenvalue weighted by Crippen LogP contribution is -2.54. The van der Waals surface area contributed by atoms with E-state index >= 15 is 0 Å². The molecule has 15 heavy (non-hydrogen) atoms. The summed E-state index contributed by atoms with van der Waals surface area (Å²) in [5, 5.41) is 3.30. The maximum atomic E-state index is 12.4. The minimum atomic E-state index is 0.0477. The van der Waals surface area contributed by atoms with Crippen molar-refractivity contribution in [2.24, 2.45) is 5.41 Å². The van der Waals surface area contributed by atoms with Crippen molar-refractivity contribution in [3.63, 3.8) is 0 Å². The van der Waals surface area contributed by atoms with Crippen LogP contribution in [-0.4, -0.2) is 37.0 Å². The summed E-state index contributed by atoms with van der Waals surface area (Å²) in [5.74, 6) is 0.442. The van der Waals surface area contributed by atoms with Crippen LogP contribution in [0.3, 0.4) is 0 Å². The van der Waals surface area contributed by atoms with E-state index in [0.29, 0.717) is 5.91 Å². The van der Waals surface area contributed by atoms with Gasteiger partial charge in [-0.25, -0.2) is 0 Å². The molecule has 2 aliphatic rings. The Morgan fingerprint density at radius 1 is 1.33 bits per heavy atom. The number of nitrogens with zero attached hydrogens (tertiary/aromatic N) is 1. The van der Waals surface area contributed by atoms with Crippen molar-refractivity contribution in [3.8, 4) is 0 Å². The van der Waals surface area contributed by atoms with E-state index in [0.717, 1.165) is 51.9 Å². The molecule has 0 spiro atoms. The lowest BCUT2D eigenvalue weighted by Gasteiger charge is -2.44. The summed E-state index contributed by atoms with van der Waals surface area (Å²) in [7, 11) is 0. The summed E-state index contributed by atoms with van der Waals surface area (Å²) in [6.45, 7) is 5.93. The molecule has 0 aromatic carbocycles. The van der Waals surface area contributed by atoms with Crippen molar-refractivity contribution in [2.45, 2.75) is 39.0 Å². The van der Waals surface area contributed by atoms with Crippen molar-refractivity contribution in [3.05, 3.63) is 0 Å². The number of amides is 1. The van der Waals surface area contributed by atoms with Crippen LogP contribution in [0.5, 0.6) is 0 Å². The Hall–Kier alpha value is -0.570. The van der Waals surface area contributed by atoms with Gasteiger partial charge in [-0.15, -0.1) is 0 Å². The molecule has 1 heterocycles. The van der Waals surface area contributed by atoms with Crippen molar-refractivity contribution < 1.29 is 4.79 Å². The standard InChI is InChI=1S/C12H22N2O/c1-2-4-12(5-3-6-12)11(15)14-9-7-13-8-10-14/h13H,2-10H2,1H3. The van der Waals surface area contributed by atoms with Gasteiger partial charge in [-0.05, 0) is 19.3 Å². The molecule has 3 nitrogen and oxygen atoms in total. The van der Waals surface area contributed by atoms with Crippen LogP contribution in [0.25, 0.3) is 0 Å². The highest BCUT2D eigenvalue weighted by atomic mass is 16.2. The highest BCUT2D eigenvalue weighted by molar-refractivity contribution is 5.83. The molecule has 1 saturated carbocycles. The van der Waals surface area contributed by atoms with Gasteiger partial charge in [0.05, 0.1) is 0 Å². The zero-order valence-corrected chi connectivity index (χ0v) is 9.72. The van der Waals surface area contributed by atoms with E-state index in [2.05, 4.69) is 17.1 Å². The van der Waals surface area contributed by atoms with Crippen LogP contribution in [0.4, 0.5) is 0 Å². The van der Waals surface area contributed by atoms with Gasteiger partial charge in [0.1, 0.15) is 0 Å². The van der Waals surface area contributed by atoms with E-state index in [1.807, 2.05) is 0 Å². The number of carbonyl (C=O) groups is 1. The largest absolute Gasteiger partial charge is 0.340 e. The molecule has 2 fully saturated rings. The van der Waals surface area contributed by atoms with Gasteiger partial charge in [-0.3, -0.25) is 4.79 Å². The Morgan fingerprint density at radius 2 is 2.00 bits per heavy atom. The van der Waals surface area contributed by atoms with Crippen LogP contribution >= 0.6 is 0 Å². The fourth-order valence-corrected chi connectivity index (χ4v) is 2.86. The van der Waals surface area contributed by atoms with Gasteiger partial charge < -0.3 is 10.2 Å². The molecule has 1 aliphatic carbocycles. The first-order valence-corrected chi connectivity index (χ1v) is 6.29. The SMILES string of the molecule is CCCC1(C(=O)N2CCNCC2)CCC1. The average Bonchev–Trinajstić information content (AvgIpc) is 2.24. The van der Waals surface area contributed by atoms with E-state index in [9.17, 15) is 4.79 Å². The van der Waals surface area contributed by atoms with E-state index < -0.39 is 0 Å². The molecule has 1 amide bonds. The summed E-state index contributed by atoms with van der Waals surface area (Å²) in [6.07, 6.45) is 5.73. The number of hydrogen-bond donors (Lipinski definition) is 1. The molecule has 0 radical (unpaired) electrons. The van der Waals surface area contributed by atoms with Gasteiger partial charge in [0, 0.05) is 31.6 Å². The molecule has 1 aliphatic heterocycles. The highest BCUT2D eigenvalue weighted by Gasteiger charge is 2.45. The van der Waals surface area contributed by atoms with Crippen molar-refractivity contribution in [1.29, 1.82) is 0 Å². The Balaban J connectivity index is 1.97. The second-order valence-corrected chi connectivity index (χ2v) is 4.93. The number of hydrogen-bond acceptors (Lipinski definition) is 2. The highest BCUT2D eigenvalue weighted by Crippen LogP contribution is 2.46. The third-order valence-corrected chi connectivity index (χ3v) is 3.90. The smallest absolute Gasteiger partial charge is 0.228 e. The molecular weight excluding hydrogens is 188 g/mol. The molecule has 0 aromatic rings. The predicted octanol–water partition coefficient (Wildman–Crippen LogP) is 1.39. The monoisotopic (exact) mass is 210 g/mol. The third kappa shape index (κ3) is 2.03. The number of piperazine rings is 1. The predicted molar refractivity (Wildman–Crippen MR) is 60.6 cm³/mol. The quantitative estimate of drug-likeness (QED) is 0.763. The minimum absolute atomic E-state index is 0.0477. The topological polar surface area (TPSA) is 32.3 Å². The van der Waals surface area contributed by atoms with E-state index in [-0.39, 0.29) is 5.41 Å². The maximum absolute atomic E-state index is 12.4. The Kier molecular flexibility index (Phi) is 3.29. The number of nitrogens with one attached hydrogen (secondary N) is 1. The van der Waals surface area contributed by atoms with Crippen LogP contribution < -0.4 is 5.32 Å². The molecule has 86 valence electrons. The normalized spacial score (nSPS) is 24.7. The summed E-state index contributed by atoms with van der Waals surface area (Å²) in [4.78, 5) is 14.5. The Morgan fingerprint density at radius 3 is 2.47 bits per heavy atom. The molecule has 0 atom stereocenters. The molecule has 1 saturated heterocycles. The Bertz CT molecular complexity index is 230. The Labute approximate surface area is 92.2 Å². The molecule has 0 aromatic heterocycles. The van der Waals surface area contributed by atoms with Gasteiger partial charge in [0.2, 0.25) is 5.91 Å². The van der Waals surface area contributed by atoms with Gasteiger partial charge in [0.25, 0.3) is 0 Å². The average molecular weight is 210 g/mol. The van der Waals surface area contributed by atoms with Crippen molar-refractivity contribution in [1.82, 2.24) is 10.2 Å². The van der Waals surface area contributed by atoms with Crippen LogP contribution in [0.1, 0.15) is 39.0 Å². The summed E-state index contributed by atoms with van der Waals surface area (Å²) in [5.41, 5.74) is 0.0477. The van der Waals surface area contributed by atoms with Crippen LogP contribution in [0.2, 0.25) is 0 Å². The van der Waals surface area contributed by atoms with Crippen LogP contribution in [0, 0.1) is 5.41 Å². The summed E-state index contributed by atoms with van der Waals surface area (Å²) in [6, 6.07) is 0. The fourth-order valence-electron chi connectivity index (χ4n) is 2.86. The van der Waals surface area contributed by atoms with E-state index in [1.54, 1.807) is 0 Å². The molecule has 3 heteroatoms. The lowest BCUT2D eigenvalue weighted by molar-refractivity contribution is -0.148. The summed E-state index contributed by atoms with van der Waals surface area (Å²) >= 11 is 0. The van der Waals surface area contributed by atoms with Gasteiger partial charge in [0.15, 0.2) is 0 Å². The lowest BCUT2D eigenvalue weighted by atomic mass is 9.65. The van der Waals surface area contributed by atoms with Gasteiger partial charge >= 0.3 is 0 Å². The molecule has 1 N–H and O–H groups in total. The molecular formula is C12H22N2O. The first-order valence-electron chi connectivity index (χ1n) is 6.29. The minimum Gasteiger partial charge on any atom is -0.340 e. The number of carbonyl (C=O) groups excluding carboxylic acids is 1. The third-order valence-electron chi connectivity index (χ3n) is 3.90. The van der Waals surface area contributed by atoms with Crippen molar-refractivity contribution in [2.75, 3.05) is 26.2 Å². The fraction of sp³-hybridized carbons (Fsp3) is 0.917. The molecule has 0 unspecified atom stereocenters. The maximum Gasteiger partial charge on any atom is 0.228 e. The van der Waals surface area contributed by atoms with Gasteiger partial charge in [-0.2, -0.15) is 0 Å². The summed E-state index contributed by atoms with van der Waals surface area (Å²) < 4.78 is 0. The van der Waals surface area contributed by atoms with Crippen molar-refractivity contribution >= 4 is 5.91 Å². The number of rotatable bonds is 3. The second kappa shape index (κ2) is 4.52. The van der Waals surface area contributed by atoms with Gasteiger partial charge in [-0.1, -0.05) is 19.8 Å². The van der Waals surface area contributed by atoms with Crippen LogP contribution in [0.15, 0.2) is 0 Å². The zero-order valence-electron chi connectivity index (χ0n) is 9.72. The second-order valence-electron chi connectivity index (χ2n) is 4.93. The first-order chi connectivity index (χ1) is 7.28. The molecule has 2 rings (SSSR count). The zero-order chi connectivity index (χ0) is 10.7.